The average Bonchev–Trinajstić information content (AvgIpc) is 2.26. The fourth-order valence-electron chi connectivity index (χ4n) is 1.96. The van der Waals surface area contributed by atoms with Crippen molar-refractivity contribution >= 4 is 5.91 Å². The van der Waals surface area contributed by atoms with Crippen LogP contribution in [0.4, 0.5) is 22.0 Å². The number of carbonyl (C=O) groups is 1. The van der Waals surface area contributed by atoms with Crippen LogP contribution in [0.25, 0.3) is 0 Å². The topological polar surface area (TPSA) is 29.1 Å². The number of halogens is 5. The Bertz CT molecular complexity index is 330. The lowest BCUT2D eigenvalue weighted by Gasteiger charge is -2.49. The van der Waals surface area contributed by atoms with Gasteiger partial charge in [0.05, 0.1) is 0 Å². The van der Waals surface area contributed by atoms with Crippen molar-refractivity contribution < 1.29 is 26.7 Å². The number of alkyl halides is 5. The molecule has 1 saturated carbocycles. The highest BCUT2D eigenvalue weighted by Gasteiger charge is 2.58. The first-order valence-electron chi connectivity index (χ1n) is 5.91. The van der Waals surface area contributed by atoms with Crippen molar-refractivity contribution in [1.82, 2.24) is 5.32 Å². The molecule has 0 radical (unpaired) electrons. The summed E-state index contributed by atoms with van der Waals surface area (Å²) >= 11 is 0. The lowest BCUT2D eigenvalue weighted by atomic mass is 9.62. The van der Waals surface area contributed by atoms with Crippen LogP contribution in [0.1, 0.15) is 33.6 Å². The molecule has 1 atom stereocenters. The van der Waals surface area contributed by atoms with Crippen LogP contribution in [0.3, 0.4) is 0 Å². The Hall–Kier alpha value is -1.14. The Kier molecular flexibility index (Phi) is 5.53. The van der Waals surface area contributed by atoms with Crippen LogP contribution in [0.2, 0.25) is 0 Å². The van der Waals surface area contributed by atoms with Crippen molar-refractivity contribution in [3.05, 3.63) is 12.7 Å². The first kappa shape index (κ1) is 17.9. The number of hydrogen-bond donors (Lipinski definition) is 1. The van der Waals surface area contributed by atoms with Crippen LogP contribution >= 0.6 is 0 Å². The first-order chi connectivity index (χ1) is 8.52. The molecular formula is C12H18F5NO. The second-order valence-electron chi connectivity index (χ2n) is 4.34. The van der Waals surface area contributed by atoms with Crippen molar-refractivity contribution in [2.45, 2.75) is 51.8 Å². The van der Waals surface area contributed by atoms with E-state index in [9.17, 15) is 26.7 Å². The van der Waals surface area contributed by atoms with Gasteiger partial charge in [-0.15, -0.1) is 6.58 Å². The van der Waals surface area contributed by atoms with Crippen molar-refractivity contribution in [3.63, 3.8) is 0 Å². The highest BCUT2D eigenvalue weighted by atomic mass is 19.4. The Morgan fingerprint density at radius 2 is 1.74 bits per heavy atom. The molecule has 0 aromatic rings. The molecule has 7 heteroatoms. The summed E-state index contributed by atoms with van der Waals surface area (Å²) in [6.07, 6.45) is -5.01. The molecule has 0 aromatic heterocycles. The largest absolute Gasteiger partial charge is 0.471 e. The van der Waals surface area contributed by atoms with Crippen molar-refractivity contribution in [2.75, 3.05) is 0 Å². The number of amides is 1. The minimum Gasteiger partial charge on any atom is -0.345 e. The Morgan fingerprint density at radius 1 is 1.32 bits per heavy atom. The summed E-state index contributed by atoms with van der Waals surface area (Å²) in [7, 11) is 0. The maximum absolute atomic E-state index is 12.8. The second-order valence-corrected chi connectivity index (χ2v) is 4.34. The summed E-state index contributed by atoms with van der Waals surface area (Å²) in [5.41, 5.74) is -1.16. The van der Waals surface area contributed by atoms with Gasteiger partial charge < -0.3 is 5.32 Å². The molecule has 1 N–H and O–H groups in total. The van der Waals surface area contributed by atoms with Gasteiger partial charge in [0, 0.05) is 24.3 Å². The van der Waals surface area contributed by atoms with Gasteiger partial charge in [0.2, 0.25) is 5.92 Å². The van der Waals surface area contributed by atoms with Gasteiger partial charge in [-0.3, -0.25) is 4.79 Å². The van der Waals surface area contributed by atoms with Crippen LogP contribution in [0.5, 0.6) is 0 Å². The van der Waals surface area contributed by atoms with Gasteiger partial charge in [0.15, 0.2) is 0 Å². The molecule has 0 heterocycles. The molecule has 1 unspecified atom stereocenters. The smallest absolute Gasteiger partial charge is 0.345 e. The average molecular weight is 287 g/mol. The van der Waals surface area contributed by atoms with Gasteiger partial charge in [0.25, 0.3) is 0 Å². The zero-order chi connectivity index (χ0) is 15.5. The lowest BCUT2D eigenvalue weighted by molar-refractivity contribution is -0.180. The SMILES string of the molecule is C=CC1(C(C)NC(=O)C(F)(F)F)CC(F)(F)C1.CC. The highest BCUT2D eigenvalue weighted by molar-refractivity contribution is 5.82. The lowest BCUT2D eigenvalue weighted by Crippen LogP contribution is -2.58. The summed E-state index contributed by atoms with van der Waals surface area (Å²) in [6, 6.07) is -1.03. The number of hydrogen-bond acceptors (Lipinski definition) is 1. The molecule has 1 amide bonds. The molecule has 0 bridgehead atoms. The molecule has 1 fully saturated rings. The minimum absolute atomic E-state index is 0.594. The molecule has 1 aliphatic rings. The fourth-order valence-corrected chi connectivity index (χ4v) is 1.96. The van der Waals surface area contributed by atoms with Crippen LogP contribution < -0.4 is 5.32 Å². The summed E-state index contributed by atoms with van der Waals surface area (Å²) in [5, 5.41) is 1.68. The zero-order valence-corrected chi connectivity index (χ0v) is 11.1. The third-order valence-corrected chi connectivity index (χ3v) is 3.05. The monoisotopic (exact) mass is 287 g/mol. The molecule has 2 nitrogen and oxygen atoms in total. The van der Waals surface area contributed by atoms with E-state index in [1.807, 2.05) is 13.8 Å². The Labute approximate surface area is 109 Å². The highest BCUT2D eigenvalue weighted by Crippen LogP contribution is 2.54. The molecular weight excluding hydrogens is 269 g/mol. The molecule has 112 valence electrons. The fraction of sp³-hybridized carbons (Fsp3) is 0.750. The maximum atomic E-state index is 12.8. The molecule has 1 rings (SSSR count). The summed E-state index contributed by atoms with van der Waals surface area (Å²) in [4.78, 5) is 10.7. The second kappa shape index (κ2) is 5.88. The molecule has 0 aromatic carbocycles. The van der Waals surface area contributed by atoms with Gasteiger partial charge in [-0.25, -0.2) is 8.78 Å². The molecule has 1 aliphatic carbocycles. The third kappa shape index (κ3) is 4.18. The molecule has 0 aliphatic heterocycles. The minimum atomic E-state index is -5.01. The summed E-state index contributed by atoms with van der Waals surface area (Å²) in [6.45, 7) is 8.61. The molecule has 19 heavy (non-hydrogen) atoms. The van der Waals surface area contributed by atoms with E-state index >= 15 is 0 Å². The van der Waals surface area contributed by atoms with E-state index in [0.29, 0.717) is 0 Å². The van der Waals surface area contributed by atoms with E-state index in [1.54, 1.807) is 5.32 Å². The van der Waals surface area contributed by atoms with E-state index in [4.69, 9.17) is 0 Å². The summed E-state index contributed by atoms with van der Waals surface area (Å²) in [5.74, 6) is -5.02. The maximum Gasteiger partial charge on any atom is 0.471 e. The van der Waals surface area contributed by atoms with Gasteiger partial charge in [-0.2, -0.15) is 13.2 Å². The normalized spacial score (nSPS) is 21.3. The van der Waals surface area contributed by atoms with Crippen LogP contribution in [0, 0.1) is 5.41 Å². The van der Waals surface area contributed by atoms with Gasteiger partial charge >= 0.3 is 12.1 Å². The van der Waals surface area contributed by atoms with Crippen molar-refractivity contribution in [1.29, 1.82) is 0 Å². The molecule has 0 saturated heterocycles. The predicted octanol–water partition coefficient (Wildman–Crippen LogP) is 3.68. The van der Waals surface area contributed by atoms with Crippen molar-refractivity contribution in [2.24, 2.45) is 5.41 Å². The number of rotatable bonds is 3. The van der Waals surface area contributed by atoms with Crippen LogP contribution in [-0.2, 0) is 4.79 Å². The van der Waals surface area contributed by atoms with Gasteiger partial charge in [0.1, 0.15) is 0 Å². The van der Waals surface area contributed by atoms with E-state index in [-0.39, 0.29) is 0 Å². The van der Waals surface area contributed by atoms with Crippen LogP contribution in [0.15, 0.2) is 12.7 Å². The van der Waals surface area contributed by atoms with Gasteiger partial charge in [-0.05, 0) is 6.92 Å². The standard InChI is InChI=1S/C10H12F5NO.C2H6/c1-3-8(4-9(11,12)5-8)6(2)16-7(17)10(13,14)15;1-2/h3,6H,1,4-5H2,2H3,(H,16,17);1-2H3. The molecule has 0 spiro atoms. The zero-order valence-electron chi connectivity index (χ0n) is 11.1. The Balaban J connectivity index is 0.00000154. The van der Waals surface area contributed by atoms with E-state index in [0.717, 1.165) is 0 Å². The predicted molar refractivity (Wildman–Crippen MR) is 61.8 cm³/mol. The van der Waals surface area contributed by atoms with E-state index in [1.165, 1.54) is 13.0 Å². The third-order valence-electron chi connectivity index (χ3n) is 3.05. The van der Waals surface area contributed by atoms with E-state index < -0.39 is 42.3 Å². The van der Waals surface area contributed by atoms with Crippen molar-refractivity contribution in [3.8, 4) is 0 Å². The number of carbonyl (C=O) groups excluding carboxylic acids is 1. The Morgan fingerprint density at radius 3 is 2.00 bits per heavy atom. The van der Waals surface area contributed by atoms with Crippen LogP contribution in [-0.4, -0.2) is 24.0 Å². The van der Waals surface area contributed by atoms with E-state index in [2.05, 4.69) is 6.58 Å². The van der Waals surface area contributed by atoms with Gasteiger partial charge in [-0.1, -0.05) is 19.9 Å². The quantitative estimate of drug-likeness (QED) is 0.622. The number of nitrogens with one attached hydrogen (secondary N) is 1. The first-order valence-corrected chi connectivity index (χ1v) is 5.91. The summed E-state index contributed by atoms with van der Waals surface area (Å²) < 4.78 is 61.5.